The maximum atomic E-state index is 11.9. The molecule has 0 aromatic carbocycles. The summed E-state index contributed by atoms with van der Waals surface area (Å²) in [5, 5.41) is 0. The second kappa shape index (κ2) is 2.97. The number of imide groups is 1. The number of hydrogen-bond donors (Lipinski definition) is 0. The van der Waals surface area contributed by atoms with Crippen LogP contribution in [-0.2, 0) is 4.79 Å². The molecule has 4 nitrogen and oxygen atoms in total. The number of carbonyl (C=O) groups is 2. The Kier molecular flexibility index (Phi) is 1.90. The van der Waals surface area contributed by atoms with Crippen LogP contribution in [0.4, 0.5) is 4.79 Å². The Balaban J connectivity index is 1.79. The first-order chi connectivity index (χ1) is 7.11. The predicted octanol–water partition coefficient (Wildman–Crippen LogP) is 1.34. The highest BCUT2D eigenvalue weighted by Crippen LogP contribution is 2.46. The molecule has 0 unspecified atom stereocenters. The van der Waals surface area contributed by atoms with Crippen molar-refractivity contribution in [3.63, 3.8) is 0 Å². The molecular weight excluding hydrogens is 260 g/mol. The number of rotatable bonds is 2. The van der Waals surface area contributed by atoms with E-state index in [0.717, 1.165) is 32.2 Å². The zero-order valence-corrected chi connectivity index (χ0v) is 9.99. The molecule has 0 bridgehead atoms. The zero-order chi connectivity index (χ0) is 10.6. The number of urea groups is 1. The van der Waals surface area contributed by atoms with Gasteiger partial charge in [0, 0.05) is 17.4 Å². The summed E-state index contributed by atoms with van der Waals surface area (Å²) in [5.41, 5.74) is 0. The number of hydrogen-bond acceptors (Lipinski definition) is 2. The molecule has 0 aromatic heterocycles. The van der Waals surface area contributed by atoms with Gasteiger partial charge in [-0.25, -0.2) is 4.79 Å². The van der Waals surface area contributed by atoms with Gasteiger partial charge in [0.05, 0.1) is 0 Å². The lowest BCUT2D eigenvalue weighted by molar-refractivity contribution is -0.128. The van der Waals surface area contributed by atoms with Crippen molar-refractivity contribution in [1.82, 2.24) is 9.80 Å². The predicted molar refractivity (Wildman–Crippen MR) is 57.7 cm³/mol. The van der Waals surface area contributed by atoms with Crippen LogP contribution in [0.25, 0.3) is 0 Å². The van der Waals surface area contributed by atoms with Gasteiger partial charge in [-0.05, 0) is 25.7 Å². The van der Waals surface area contributed by atoms with E-state index in [1.807, 2.05) is 0 Å². The fraction of sp³-hybridized carbons (Fsp3) is 0.800. The summed E-state index contributed by atoms with van der Waals surface area (Å²) in [5.74, 6) is 0.0169. The minimum atomic E-state index is -0.146. The van der Waals surface area contributed by atoms with Gasteiger partial charge < -0.3 is 4.90 Å². The molecule has 0 aromatic rings. The second-order valence-electron chi connectivity index (χ2n) is 4.71. The van der Waals surface area contributed by atoms with E-state index in [-0.39, 0.29) is 22.3 Å². The molecule has 5 heteroatoms. The molecule has 1 aliphatic carbocycles. The van der Waals surface area contributed by atoms with Crippen LogP contribution in [0.1, 0.15) is 25.7 Å². The molecule has 0 radical (unpaired) electrons. The van der Waals surface area contributed by atoms with E-state index in [0.29, 0.717) is 6.54 Å². The van der Waals surface area contributed by atoms with Crippen LogP contribution in [0, 0.1) is 0 Å². The third-order valence-corrected chi connectivity index (χ3v) is 4.56. The first-order valence-electron chi connectivity index (χ1n) is 5.42. The van der Waals surface area contributed by atoms with Crippen molar-refractivity contribution in [1.29, 1.82) is 0 Å². The Morgan fingerprint density at radius 3 is 2.73 bits per heavy atom. The molecule has 3 rings (SSSR count). The standard InChI is InChI=1S/C10H13BrN2O2/c11-10(3-4-10)6-13-8(14)7-2-1-5-12(7)9(13)15/h7H,1-6H2/t7-/m1/s1. The largest absolute Gasteiger partial charge is 0.327 e. The van der Waals surface area contributed by atoms with Gasteiger partial charge in [0.25, 0.3) is 5.91 Å². The van der Waals surface area contributed by atoms with Crippen molar-refractivity contribution in [2.75, 3.05) is 13.1 Å². The summed E-state index contributed by atoms with van der Waals surface area (Å²) >= 11 is 3.57. The molecule has 2 aliphatic heterocycles. The minimum absolute atomic E-state index is 0.0169. The third-order valence-electron chi connectivity index (χ3n) is 3.51. The first kappa shape index (κ1) is 9.63. The van der Waals surface area contributed by atoms with Gasteiger partial charge in [0.2, 0.25) is 0 Å². The Morgan fingerprint density at radius 1 is 1.40 bits per heavy atom. The highest BCUT2D eigenvalue weighted by Gasteiger charge is 2.52. The van der Waals surface area contributed by atoms with Crippen molar-refractivity contribution in [3.8, 4) is 0 Å². The van der Waals surface area contributed by atoms with E-state index in [1.54, 1.807) is 4.90 Å². The number of halogens is 1. The van der Waals surface area contributed by atoms with Gasteiger partial charge >= 0.3 is 6.03 Å². The lowest BCUT2D eigenvalue weighted by Gasteiger charge is -2.18. The quantitative estimate of drug-likeness (QED) is 0.562. The van der Waals surface area contributed by atoms with Gasteiger partial charge in [-0.2, -0.15) is 0 Å². The second-order valence-corrected chi connectivity index (χ2v) is 6.39. The summed E-state index contributed by atoms with van der Waals surface area (Å²) in [4.78, 5) is 27.0. The van der Waals surface area contributed by atoms with Crippen LogP contribution in [0.3, 0.4) is 0 Å². The van der Waals surface area contributed by atoms with Crippen LogP contribution >= 0.6 is 15.9 Å². The molecule has 2 saturated heterocycles. The van der Waals surface area contributed by atoms with Crippen molar-refractivity contribution in [2.45, 2.75) is 36.0 Å². The molecule has 2 heterocycles. The summed E-state index contributed by atoms with van der Waals surface area (Å²) in [6, 6.07) is -0.222. The van der Waals surface area contributed by atoms with Gasteiger partial charge in [0.15, 0.2) is 0 Å². The molecular formula is C10H13BrN2O2. The van der Waals surface area contributed by atoms with E-state index in [1.165, 1.54) is 4.90 Å². The number of carbonyl (C=O) groups excluding carboxylic acids is 2. The van der Waals surface area contributed by atoms with Crippen LogP contribution < -0.4 is 0 Å². The minimum Gasteiger partial charge on any atom is -0.312 e. The third kappa shape index (κ3) is 1.40. The van der Waals surface area contributed by atoms with Crippen molar-refractivity contribution < 1.29 is 9.59 Å². The fourth-order valence-corrected chi connectivity index (χ4v) is 2.85. The van der Waals surface area contributed by atoms with Crippen molar-refractivity contribution >= 4 is 27.9 Å². The van der Waals surface area contributed by atoms with E-state index >= 15 is 0 Å². The molecule has 3 aliphatic rings. The molecule has 3 amide bonds. The topological polar surface area (TPSA) is 40.6 Å². The Morgan fingerprint density at radius 2 is 2.13 bits per heavy atom. The van der Waals surface area contributed by atoms with Crippen LogP contribution in [-0.4, -0.2) is 45.2 Å². The number of amides is 3. The Hall–Kier alpha value is -0.580. The SMILES string of the molecule is O=C1[C@H]2CCCN2C(=O)N1CC1(Br)CC1. The lowest BCUT2D eigenvalue weighted by Crippen LogP contribution is -2.38. The van der Waals surface area contributed by atoms with Crippen LogP contribution in [0.2, 0.25) is 0 Å². The monoisotopic (exact) mass is 272 g/mol. The van der Waals surface area contributed by atoms with E-state index in [4.69, 9.17) is 0 Å². The summed E-state index contributed by atoms with van der Waals surface area (Å²) in [6.45, 7) is 1.30. The molecule has 0 N–H and O–H groups in total. The van der Waals surface area contributed by atoms with E-state index < -0.39 is 0 Å². The van der Waals surface area contributed by atoms with E-state index in [9.17, 15) is 9.59 Å². The van der Waals surface area contributed by atoms with Crippen molar-refractivity contribution in [3.05, 3.63) is 0 Å². The highest BCUT2D eigenvalue weighted by atomic mass is 79.9. The van der Waals surface area contributed by atoms with E-state index in [2.05, 4.69) is 15.9 Å². The molecule has 1 saturated carbocycles. The van der Waals surface area contributed by atoms with Gasteiger partial charge in [-0.15, -0.1) is 0 Å². The van der Waals surface area contributed by atoms with Crippen molar-refractivity contribution in [2.24, 2.45) is 0 Å². The Labute approximate surface area is 96.7 Å². The zero-order valence-electron chi connectivity index (χ0n) is 8.41. The normalized spacial score (nSPS) is 32.5. The van der Waals surface area contributed by atoms with Crippen LogP contribution in [0.15, 0.2) is 0 Å². The maximum absolute atomic E-state index is 11.9. The number of alkyl halides is 1. The molecule has 0 spiro atoms. The molecule has 15 heavy (non-hydrogen) atoms. The molecule has 3 fully saturated rings. The highest BCUT2D eigenvalue weighted by molar-refractivity contribution is 9.10. The summed E-state index contributed by atoms with van der Waals surface area (Å²) < 4.78 is 0.0398. The summed E-state index contributed by atoms with van der Waals surface area (Å²) in [7, 11) is 0. The number of nitrogens with zero attached hydrogens (tertiary/aromatic N) is 2. The summed E-state index contributed by atoms with van der Waals surface area (Å²) in [6.07, 6.45) is 3.94. The van der Waals surface area contributed by atoms with Gasteiger partial charge in [0.1, 0.15) is 6.04 Å². The first-order valence-corrected chi connectivity index (χ1v) is 6.21. The average Bonchev–Trinajstić information content (AvgIpc) is 2.70. The fourth-order valence-electron chi connectivity index (χ4n) is 2.40. The lowest BCUT2D eigenvalue weighted by atomic mass is 10.2. The maximum Gasteiger partial charge on any atom is 0.327 e. The van der Waals surface area contributed by atoms with Gasteiger partial charge in [-0.1, -0.05) is 15.9 Å². The van der Waals surface area contributed by atoms with Gasteiger partial charge in [-0.3, -0.25) is 9.69 Å². The molecule has 82 valence electrons. The molecule has 1 atom stereocenters. The van der Waals surface area contributed by atoms with Crippen LogP contribution in [0.5, 0.6) is 0 Å². The number of fused-ring (bicyclic) bond motifs is 1. The average molecular weight is 273 g/mol. The smallest absolute Gasteiger partial charge is 0.312 e. The Bertz CT molecular complexity index is 318.